The number of rotatable bonds is 5. The zero-order chi connectivity index (χ0) is 34.4. The Balaban J connectivity index is 0.000000159. The summed E-state index contributed by atoms with van der Waals surface area (Å²) in [7, 11) is 0. The molecule has 251 valence electrons. The largest absolute Gasteiger partial charge is 0.304 e. The number of nitrogens with zero attached hydrogens (tertiary/aromatic N) is 4. The molecule has 0 aliphatic heterocycles. The molecule has 0 aliphatic rings. The Morgan fingerprint density at radius 1 is 0.373 bits per heavy atom. The van der Waals surface area contributed by atoms with Crippen LogP contribution in [0.3, 0.4) is 0 Å². The van der Waals surface area contributed by atoms with E-state index in [4.69, 9.17) is 0 Å². The van der Waals surface area contributed by atoms with E-state index < -0.39 is 0 Å². The number of benzene rings is 4. The fourth-order valence-electron chi connectivity index (χ4n) is 5.38. The van der Waals surface area contributed by atoms with E-state index in [1.54, 1.807) is 0 Å². The van der Waals surface area contributed by atoms with Crippen molar-refractivity contribution >= 4 is 0 Å². The molecule has 0 amide bonds. The quantitative estimate of drug-likeness (QED) is 0.162. The molecule has 8 aromatic rings. The van der Waals surface area contributed by atoms with Crippen LogP contribution < -0.4 is 0 Å². The maximum absolute atomic E-state index is 4.51. The molecule has 0 atom stereocenters. The van der Waals surface area contributed by atoms with Gasteiger partial charge in [-0.1, -0.05) is 83.9 Å². The van der Waals surface area contributed by atoms with Crippen molar-refractivity contribution in [2.75, 3.05) is 0 Å². The molecule has 0 bridgehead atoms. The van der Waals surface area contributed by atoms with Crippen LogP contribution in [0, 0.1) is 26.0 Å². The molecular weight excluding hydrogens is 801 g/mol. The Hall–Kier alpha value is -5.87. The molecular formula is C46H36IrN4-2. The molecule has 4 heterocycles. The second-order valence-corrected chi connectivity index (χ2v) is 11.5. The van der Waals surface area contributed by atoms with Crippen molar-refractivity contribution in [3.63, 3.8) is 0 Å². The summed E-state index contributed by atoms with van der Waals surface area (Å²) in [4.78, 5) is 17.6. The van der Waals surface area contributed by atoms with Crippen LogP contribution >= 0.6 is 0 Å². The molecule has 0 fully saturated rings. The Kier molecular flexibility index (Phi) is 13.4. The molecule has 0 aliphatic carbocycles. The summed E-state index contributed by atoms with van der Waals surface area (Å²) in [5, 5.41) is 0. The number of hydrogen-bond acceptors (Lipinski definition) is 4. The molecule has 0 spiro atoms. The molecule has 5 heteroatoms. The molecule has 0 N–H and O–H groups in total. The van der Waals surface area contributed by atoms with Crippen molar-refractivity contribution in [1.82, 2.24) is 19.9 Å². The summed E-state index contributed by atoms with van der Waals surface area (Å²) in [6.45, 7) is 4.12. The number of aryl methyl sites for hydroxylation is 2. The van der Waals surface area contributed by atoms with Crippen LogP contribution in [-0.4, -0.2) is 19.9 Å². The van der Waals surface area contributed by atoms with E-state index in [0.717, 1.165) is 45.0 Å². The van der Waals surface area contributed by atoms with Gasteiger partial charge in [0.1, 0.15) is 0 Å². The van der Waals surface area contributed by atoms with E-state index in [-0.39, 0.29) is 20.1 Å². The summed E-state index contributed by atoms with van der Waals surface area (Å²) in [6.07, 6.45) is 7.30. The van der Waals surface area contributed by atoms with Gasteiger partial charge in [0.25, 0.3) is 0 Å². The first kappa shape index (κ1) is 36.4. The van der Waals surface area contributed by atoms with Crippen LogP contribution in [0.5, 0.6) is 0 Å². The van der Waals surface area contributed by atoms with Gasteiger partial charge in [0.15, 0.2) is 0 Å². The predicted molar refractivity (Wildman–Crippen MR) is 205 cm³/mol. The zero-order valence-electron chi connectivity index (χ0n) is 28.4. The maximum Gasteiger partial charge on any atom is 0.0892 e. The van der Waals surface area contributed by atoms with Gasteiger partial charge in [0, 0.05) is 44.9 Å². The van der Waals surface area contributed by atoms with Crippen molar-refractivity contribution in [2.24, 2.45) is 0 Å². The first-order valence-electron chi connectivity index (χ1n) is 16.5. The maximum atomic E-state index is 4.51. The van der Waals surface area contributed by atoms with E-state index in [9.17, 15) is 0 Å². The van der Waals surface area contributed by atoms with Gasteiger partial charge < -0.3 is 9.97 Å². The summed E-state index contributed by atoms with van der Waals surface area (Å²) in [6, 6.07) is 59.0. The minimum Gasteiger partial charge on any atom is -0.304 e. The Morgan fingerprint density at radius 2 is 0.784 bits per heavy atom. The van der Waals surface area contributed by atoms with Gasteiger partial charge in [-0.3, -0.25) is 9.97 Å². The minimum absolute atomic E-state index is 0. The standard InChI is InChI=1S/C22H16N2.2C12H10N.Ir/c1-3-7-17(8-4-1)19-11-13-23-21(15-19)22-16-20(12-14-24-22)18-9-5-2-6-10-18;2*1-10-6-5-9-13-12(10)11-7-3-2-4-8-11;/h1-16H;2*2-7,9H,1H3;/q;2*-1;. The van der Waals surface area contributed by atoms with E-state index in [2.05, 4.69) is 94.4 Å². The Bertz CT molecular complexity index is 2060. The Labute approximate surface area is 314 Å². The average Bonchev–Trinajstić information content (AvgIpc) is 3.20. The fraction of sp³-hybridized carbons (Fsp3) is 0.0435. The fourth-order valence-corrected chi connectivity index (χ4v) is 5.38. The monoisotopic (exact) mass is 837 g/mol. The predicted octanol–water partition coefficient (Wildman–Crippen LogP) is 11.2. The molecule has 0 saturated carbocycles. The molecule has 8 rings (SSSR count). The first-order valence-corrected chi connectivity index (χ1v) is 16.5. The molecule has 4 nitrogen and oxygen atoms in total. The number of aromatic nitrogens is 4. The van der Waals surface area contributed by atoms with Crippen molar-refractivity contribution in [3.05, 3.63) is 206 Å². The molecule has 4 aromatic carbocycles. The van der Waals surface area contributed by atoms with Gasteiger partial charge >= 0.3 is 0 Å². The third-order valence-corrected chi connectivity index (χ3v) is 7.94. The molecule has 51 heavy (non-hydrogen) atoms. The second kappa shape index (κ2) is 18.8. The van der Waals surface area contributed by atoms with Gasteiger partial charge in [-0.05, 0) is 83.9 Å². The third kappa shape index (κ3) is 10.1. The van der Waals surface area contributed by atoms with E-state index in [1.165, 1.54) is 22.3 Å². The summed E-state index contributed by atoms with van der Waals surface area (Å²) >= 11 is 0. The summed E-state index contributed by atoms with van der Waals surface area (Å²) in [5.74, 6) is 0. The van der Waals surface area contributed by atoms with Crippen molar-refractivity contribution < 1.29 is 20.1 Å². The SMILES string of the molecule is Cc1cccnc1-c1[c-]cccc1.Cc1cccnc1-c1[c-]cccc1.[Ir].c1ccc(-c2ccnc(-c3cc(-c4ccccc4)ccn3)c2)cc1. The van der Waals surface area contributed by atoms with Crippen LogP contribution in [0.2, 0.25) is 0 Å². The molecule has 0 unspecified atom stereocenters. The van der Waals surface area contributed by atoms with E-state index >= 15 is 0 Å². The number of pyridine rings is 4. The van der Waals surface area contributed by atoms with Crippen molar-refractivity contribution in [2.45, 2.75) is 13.8 Å². The molecule has 4 aromatic heterocycles. The third-order valence-electron chi connectivity index (χ3n) is 7.94. The average molecular weight is 837 g/mol. The summed E-state index contributed by atoms with van der Waals surface area (Å²) < 4.78 is 0. The molecule has 0 saturated heterocycles. The van der Waals surface area contributed by atoms with Crippen molar-refractivity contribution in [3.8, 4) is 56.2 Å². The van der Waals surface area contributed by atoms with E-state index in [0.29, 0.717) is 0 Å². The van der Waals surface area contributed by atoms with Crippen LogP contribution in [-0.2, 0) is 20.1 Å². The Morgan fingerprint density at radius 3 is 1.16 bits per heavy atom. The topological polar surface area (TPSA) is 51.6 Å². The second-order valence-electron chi connectivity index (χ2n) is 11.5. The zero-order valence-corrected chi connectivity index (χ0v) is 30.8. The van der Waals surface area contributed by atoms with E-state index in [1.807, 2.05) is 134 Å². The number of hydrogen-bond donors (Lipinski definition) is 0. The first-order chi connectivity index (χ1) is 24.7. The van der Waals surface area contributed by atoms with Crippen molar-refractivity contribution in [1.29, 1.82) is 0 Å². The van der Waals surface area contributed by atoms with Crippen LogP contribution in [0.4, 0.5) is 0 Å². The smallest absolute Gasteiger partial charge is 0.0892 e. The van der Waals surface area contributed by atoms with Crippen LogP contribution in [0.15, 0.2) is 183 Å². The molecule has 1 radical (unpaired) electrons. The van der Waals surface area contributed by atoms with Gasteiger partial charge in [-0.15, -0.1) is 71.8 Å². The van der Waals surface area contributed by atoms with Gasteiger partial charge in [-0.25, -0.2) is 0 Å². The van der Waals surface area contributed by atoms with Gasteiger partial charge in [-0.2, -0.15) is 0 Å². The van der Waals surface area contributed by atoms with Crippen LogP contribution in [0.25, 0.3) is 56.2 Å². The van der Waals surface area contributed by atoms with Gasteiger partial charge in [0.2, 0.25) is 0 Å². The van der Waals surface area contributed by atoms with Crippen LogP contribution in [0.1, 0.15) is 11.1 Å². The minimum atomic E-state index is 0. The van der Waals surface area contributed by atoms with Gasteiger partial charge in [0.05, 0.1) is 11.4 Å². The normalized spacial score (nSPS) is 10.0. The summed E-state index contributed by atoms with van der Waals surface area (Å²) in [5.41, 5.74) is 12.9.